The first-order chi connectivity index (χ1) is 9.68. The molecule has 2 N–H and O–H groups in total. The van der Waals surface area contributed by atoms with Crippen molar-refractivity contribution in [3.05, 3.63) is 42.5 Å². The van der Waals surface area contributed by atoms with Crippen LogP contribution in [0.25, 0.3) is 10.8 Å². The third kappa shape index (κ3) is 2.73. The van der Waals surface area contributed by atoms with Crippen LogP contribution in [-0.4, -0.2) is 23.0 Å². The first kappa shape index (κ1) is 13.6. The van der Waals surface area contributed by atoms with Gasteiger partial charge in [-0.3, -0.25) is 0 Å². The van der Waals surface area contributed by atoms with Gasteiger partial charge in [-0.2, -0.15) is 0 Å². The van der Waals surface area contributed by atoms with Crippen LogP contribution >= 0.6 is 0 Å². The summed E-state index contributed by atoms with van der Waals surface area (Å²) in [7, 11) is -1.09. The van der Waals surface area contributed by atoms with Crippen LogP contribution in [0, 0.1) is 0 Å². The van der Waals surface area contributed by atoms with Gasteiger partial charge in [0.2, 0.25) is 0 Å². The number of aliphatic hydroxyl groups is 1. The molecule has 4 heteroatoms. The molecule has 2 aromatic rings. The molecule has 104 valence electrons. The van der Waals surface area contributed by atoms with Gasteiger partial charge in [0.1, 0.15) is 0 Å². The summed E-state index contributed by atoms with van der Waals surface area (Å²) in [6.45, 7) is 0. The summed E-state index contributed by atoms with van der Waals surface area (Å²) in [5.41, 5.74) is 0.710. The molecular weight excluding hydrogens is 251 g/mol. The first-order valence-corrected chi connectivity index (χ1v) is 7.24. The Morgan fingerprint density at radius 1 is 0.950 bits per heavy atom. The Kier molecular flexibility index (Phi) is 3.79. The van der Waals surface area contributed by atoms with Gasteiger partial charge in [0, 0.05) is 0 Å². The van der Waals surface area contributed by atoms with Gasteiger partial charge < -0.3 is 14.8 Å². The fourth-order valence-corrected chi connectivity index (χ4v) is 2.96. The second kappa shape index (κ2) is 5.56. The zero-order chi connectivity index (χ0) is 14.0. The van der Waals surface area contributed by atoms with E-state index in [1.54, 1.807) is 0 Å². The van der Waals surface area contributed by atoms with Gasteiger partial charge in [-0.05, 0) is 41.9 Å². The molecule has 1 aliphatic carbocycles. The van der Waals surface area contributed by atoms with Crippen LogP contribution < -0.4 is 5.46 Å². The predicted octanol–water partition coefficient (Wildman–Crippen LogP) is 2.20. The molecule has 1 aliphatic rings. The maximum absolute atomic E-state index is 10.4. The van der Waals surface area contributed by atoms with Crippen LogP contribution in [-0.2, 0) is 4.65 Å². The Morgan fingerprint density at radius 2 is 1.65 bits per heavy atom. The maximum atomic E-state index is 10.4. The highest BCUT2D eigenvalue weighted by atomic mass is 16.6. The van der Waals surface area contributed by atoms with E-state index in [2.05, 4.69) is 0 Å². The van der Waals surface area contributed by atoms with Crippen molar-refractivity contribution in [3.63, 3.8) is 0 Å². The lowest BCUT2D eigenvalue weighted by Crippen LogP contribution is -2.46. The van der Waals surface area contributed by atoms with E-state index in [0.29, 0.717) is 18.3 Å². The lowest BCUT2D eigenvalue weighted by atomic mass is 9.75. The molecule has 1 saturated carbocycles. The predicted molar refractivity (Wildman–Crippen MR) is 80.7 cm³/mol. The Labute approximate surface area is 119 Å². The highest BCUT2D eigenvalue weighted by Gasteiger charge is 2.35. The van der Waals surface area contributed by atoms with E-state index in [1.807, 2.05) is 42.5 Å². The summed E-state index contributed by atoms with van der Waals surface area (Å²) in [6, 6.07) is 13.6. The van der Waals surface area contributed by atoms with Crippen molar-refractivity contribution in [3.8, 4) is 0 Å². The second-order valence-corrected chi connectivity index (χ2v) is 5.55. The molecule has 0 bridgehead atoms. The first-order valence-electron chi connectivity index (χ1n) is 7.24. The van der Waals surface area contributed by atoms with Crippen molar-refractivity contribution >= 4 is 23.4 Å². The molecular formula is C16H19BO3. The fraction of sp³-hybridized carbons (Fsp3) is 0.375. The van der Waals surface area contributed by atoms with Gasteiger partial charge in [0.25, 0.3) is 0 Å². The molecule has 0 heterocycles. The molecule has 3 nitrogen and oxygen atoms in total. The minimum atomic E-state index is -1.19. The molecule has 0 aliphatic heterocycles. The van der Waals surface area contributed by atoms with E-state index < -0.39 is 12.9 Å². The highest BCUT2D eigenvalue weighted by Crippen LogP contribution is 2.29. The Balaban J connectivity index is 1.87. The van der Waals surface area contributed by atoms with Crippen LogP contribution in [0.3, 0.4) is 0 Å². The van der Waals surface area contributed by atoms with Gasteiger partial charge in [-0.15, -0.1) is 0 Å². The summed E-state index contributed by atoms with van der Waals surface area (Å²) < 4.78 is 5.58. The summed E-state index contributed by atoms with van der Waals surface area (Å²) in [4.78, 5) is 0. The smallest absolute Gasteiger partial charge is 0.423 e. The van der Waals surface area contributed by atoms with Gasteiger partial charge in [-0.1, -0.05) is 48.9 Å². The van der Waals surface area contributed by atoms with E-state index in [-0.39, 0.29) is 0 Å². The van der Waals surface area contributed by atoms with Crippen LogP contribution in [0.15, 0.2) is 42.5 Å². The quantitative estimate of drug-likeness (QED) is 0.664. The fourth-order valence-electron chi connectivity index (χ4n) is 2.96. The molecule has 0 unspecified atom stereocenters. The number of fused-ring (bicyclic) bond motifs is 1. The molecule has 20 heavy (non-hydrogen) atoms. The Morgan fingerprint density at radius 3 is 2.45 bits per heavy atom. The van der Waals surface area contributed by atoms with Gasteiger partial charge in [0.05, 0.1) is 0 Å². The number of rotatable bonds is 3. The number of hydrogen-bond donors (Lipinski definition) is 2. The highest BCUT2D eigenvalue weighted by molar-refractivity contribution is 6.63. The second-order valence-electron chi connectivity index (χ2n) is 5.55. The summed E-state index contributed by atoms with van der Waals surface area (Å²) in [6.07, 6.45) is 4.19. The third-order valence-electron chi connectivity index (χ3n) is 4.06. The van der Waals surface area contributed by atoms with E-state index in [9.17, 15) is 10.1 Å². The molecule has 0 atom stereocenters. The average molecular weight is 270 g/mol. The van der Waals surface area contributed by atoms with Gasteiger partial charge in [0.15, 0.2) is 5.79 Å². The van der Waals surface area contributed by atoms with Gasteiger partial charge in [-0.25, -0.2) is 0 Å². The Bertz CT molecular complexity index is 588. The largest absolute Gasteiger partial charge is 0.493 e. The van der Waals surface area contributed by atoms with Crippen molar-refractivity contribution in [2.24, 2.45) is 0 Å². The van der Waals surface area contributed by atoms with Gasteiger partial charge >= 0.3 is 7.12 Å². The normalized spacial score (nSPS) is 18.1. The zero-order valence-corrected chi connectivity index (χ0v) is 11.5. The van der Waals surface area contributed by atoms with Crippen LogP contribution in [0.5, 0.6) is 0 Å². The summed E-state index contributed by atoms with van der Waals surface area (Å²) >= 11 is 0. The summed E-state index contributed by atoms with van der Waals surface area (Å²) in [5.74, 6) is -1.19. The molecule has 2 aromatic carbocycles. The minimum Gasteiger partial charge on any atom is -0.423 e. The minimum absolute atomic E-state index is 0.592. The van der Waals surface area contributed by atoms with E-state index in [0.717, 1.165) is 30.0 Å². The SMILES string of the molecule is OB(OC1(O)CCCCC1)c1cccc2ccccc12. The zero-order valence-electron chi connectivity index (χ0n) is 11.5. The number of hydrogen-bond acceptors (Lipinski definition) is 3. The number of benzene rings is 2. The van der Waals surface area contributed by atoms with E-state index in [1.165, 1.54) is 0 Å². The van der Waals surface area contributed by atoms with E-state index >= 15 is 0 Å². The lowest BCUT2D eigenvalue weighted by molar-refractivity contribution is -0.167. The topological polar surface area (TPSA) is 49.7 Å². The van der Waals surface area contributed by atoms with Crippen molar-refractivity contribution in [2.45, 2.75) is 37.9 Å². The van der Waals surface area contributed by atoms with Crippen molar-refractivity contribution in [1.29, 1.82) is 0 Å². The summed E-state index contributed by atoms with van der Waals surface area (Å²) in [5, 5.41) is 22.8. The van der Waals surface area contributed by atoms with Crippen LogP contribution in [0.1, 0.15) is 32.1 Å². The average Bonchev–Trinajstić information content (AvgIpc) is 2.47. The molecule has 0 amide bonds. The molecule has 0 spiro atoms. The Hall–Kier alpha value is -1.36. The van der Waals surface area contributed by atoms with Crippen LogP contribution in [0.2, 0.25) is 0 Å². The van der Waals surface area contributed by atoms with Crippen molar-refractivity contribution < 1.29 is 14.8 Å². The van der Waals surface area contributed by atoms with Crippen LogP contribution in [0.4, 0.5) is 0 Å². The monoisotopic (exact) mass is 270 g/mol. The molecule has 0 saturated heterocycles. The molecule has 0 radical (unpaired) electrons. The third-order valence-corrected chi connectivity index (χ3v) is 4.06. The molecule has 3 rings (SSSR count). The van der Waals surface area contributed by atoms with E-state index in [4.69, 9.17) is 4.65 Å². The van der Waals surface area contributed by atoms with Crippen molar-refractivity contribution in [2.75, 3.05) is 0 Å². The maximum Gasteiger partial charge on any atom is 0.493 e. The standard InChI is InChI=1S/C16H19BO3/c18-16(11-4-1-5-12-16)20-17(19)15-10-6-8-13-7-2-3-9-14(13)15/h2-3,6-10,18-19H,1,4-5,11-12H2. The van der Waals surface area contributed by atoms with Crippen molar-refractivity contribution in [1.82, 2.24) is 0 Å². The molecule has 0 aromatic heterocycles. The molecule has 1 fully saturated rings. The lowest BCUT2D eigenvalue weighted by Gasteiger charge is -2.33.